The fourth-order valence-corrected chi connectivity index (χ4v) is 5.92. The number of benzene rings is 1. The number of nitrogens with zero attached hydrogens (tertiary/aromatic N) is 3. The van der Waals surface area contributed by atoms with Crippen molar-refractivity contribution >= 4 is 17.6 Å². The second kappa shape index (κ2) is 10.3. The quantitative estimate of drug-likeness (QED) is 0.668. The number of carbonyl (C=O) groups is 2. The highest BCUT2D eigenvalue weighted by molar-refractivity contribution is 5.79. The van der Waals surface area contributed by atoms with Gasteiger partial charge in [-0.3, -0.25) is 4.79 Å². The monoisotopic (exact) mass is 491 g/mol. The van der Waals surface area contributed by atoms with Crippen LogP contribution in [0.15, 0.2) is 18.2 Å². The summed E-state index contributed by atoms with van der Waals surface area (Å²) in [7, 11) is 0. The van der Waals surface area contributed by atoms with Gasteiger partial charge in [-0.05, 0) is 55.7 Å². The fraction of sp³-hybridized carbons (Fsp3) is 0.640. The minimum absolute atomic E-state index is 0.0351. The Balaban J connectivity index is 1.41. The van der Waals surface area contributed by atoms with Crippen LogP contribution in [0.1, 0.15) is 56.1 Å². The number of urea groups is 1. The molecule has 0 unspecified atom stereocenters. The summed E-state index contributed by atoms with van der Waals surface area (Å²) in [6.07, 6.45) is 2.35. The van der Waals surface area contributed by atoms with Crippen LogP contribution in [0.2, 0.25) is 0 Å². The highest BCUT2D eigenvalue weighted by atomic mass is 19.4. The largest absolute Gasteiger partial charge is 0.417 e. The maximum Gasteiger partial charge on any atom is 0.417 e. The number of halogens is 3. The molecular formula is C25H32F3N5O2. The van der Waals surface area contributed by atoms with Crippen molar-refractivity contribution in [2.45, 2.75) is 57.2 Å². The Morgan fingerprint density at radius 3 is 2.34 bits per heavy atom. The Labute approximate surface area is 203 Å². The maximum atomic E-state index is 13.4. The number of piperidine rings is 1. The summed E-state index contributed by atoms with van der Waals surface area (Å²) in [5.74, 6) is -0.884. The molecule has 3 amide bonds. The predicted octanol–water partition coefficient (Wildman–Crippen LogP) is 3.87. The topological polar surface area (TPSA) is 102 Å². The number of rotatable bonds is 4. The highest BCUT2D eigenvalue weighted by Gasteiger charge is 2.43. The van der Waals surface area contributed by atoms with Crippen molar-refractivity contribution in [1.29, 1.82) is 5.26 Å². The van der Waals surface area contributed by atoms with E-state index in [4.69, 9.17) is 11.0 Å². The number of nitrogens with one attached hydrogen (secondary N) is 1. The third-order valence-electron chi connectivity index (χ3n) is 7.89. The molecule has 0 spiro atoms. The lowest BCUT2D eigenvalue weighted by Crippen LogP contribution is -2.49. The first-order valence-electron chi connectivity index (χ1n) is 12.4. The zero-order valence-corrected chi connectivity index (χ0v) is 19.7. The molecular weight excluding hydrogens is 459 g/mol. The molecule has 190 valence electrons. The Hall–Kier alpha value is -2.96. The molecule has 10 heteroatoms. The standard InChI is InChI=1S/C25H32F3N5O2/c26-25(27,28)22-12-19(7-6-17(22)13-29)33-14-20(21(15-33)23(30)34)16-8-10-32(11-9-16)24(35)31-18-4-2-1-3-5-18/h6-7,12,16,18,20-21H,1-5,8-11,14-15H2,(H2,30,34)(H,31,35)/t20-,21+/m0/s1. The summed E-state index contributed by atoms with van der Waals surface area (Å²) >= 11 is 0. The van der Waals surface area contributed by atoms with E-state index in [2.05, 4.69) is 5.32 Å². The number of carbonyl (C=O) groups excluding carboxylic acids is 2. The van der Waals surface area contributed by atoms with Gasteiger partial charge in [0.25, 0.3) is 0 Å². The van der Waals surface area contributed by atoms with Gasteiger partial charge in [0.1, 0.15) is 0 Å². The fourth-order valence-electron chi connectivity index (χ4n) is 5.92. The van der Waals surface area contributed by atoms with Crippen LogP contribution in [-0.4, -0.2) is 49.1 Å². The molecule has 2 saturated heterocycles. The normalized spacial score (nSPS) is 24.3. The SMILES string of the molecule is N#Cc1ccc(N2C[C@@H](C(N)=O)[C@H](C3CCN(C(=O)NC4CCCCC4)CC3)C2)cc1C(F)(F)F. The summed E-state index contributed by atoms with van der Waals surface area (Å²) in [5, 5.41) is 12.2. The van der Waals surface area contributed by atoms with Crippen LogP contribution in [0.5, 0.6) is 0 Å². The van der Waals surface area contributed by atoms with E-state index in [1.54, 1.807) is 11.0 Å². The van der Waals surface area contributed by atoms with Crippen LogP contribution in [0.25, 0.3) is 0 Å². The van der Waals surface area contributed by atoms with Gasteiger partial charge in [0.05, 0.1) is 23.1 Å². The number of nitrogens with two attached hydrogens (primary N) is 1. The van der Waals surface area contributed by atoms with Gasteiger partial charge < -0.3 is 20.9 Å². The van der Waals surface area contributed by atoms with Crippen LogP contribution in [-0.2, 0) is 11.0 Å². The minimum Gasteiger partial charge on any atom is -0.370 e. The summed E-state index contributed by atoms with van der Waals surface area (Å²) in [6.45, 7) is 1.82. The van der Waals surface area contributed by atoms with Crippen LogP contribution in [0, 0.1) is 29.1 Å². The zero-order valence-electron chi connectivity index (χ0n) is 19.7. The van der Waals surface area contributed by atoms with E-state index in [9.17, 15) is 22.8 Å². The van der Waals surface area contributed by atoms with E-state index in [1.165, 1.54) is 18.6 Å². The van der Waals surface area contributed by atoms with Crippen LogP contribution in [0.3, 0.4) is 0 Å². The molecule has 2 aliphatic heterocycles. The van der Waals surface area contributed by atoms with Gasteiger partial charge in [0, 0.05) is 37.9 Å². The molecule has 3 aliphatic rings. The van der Waals surface area contributed by atoms with E-state index in [0.29, 0.717) is 25.3 Å². The van der Waals surface area contributed by atoms with Gasteiger partial charge in [-0.15, -0.1) is 0 Å². The van der Waals surface area contributed by atoms with Crippen LogP contribution in [0.4, 0.5) is 23.7 Å². The van der Waals surface area contributed by atoms with E-state index in [0.717, 1.165) is 44.6 Å². The molecule has 1 aromatic rings. The molecule has 1 aromatic carbocycles. The van der Waals surface area contributed by atoms with Gasteiger partial charge in [0.2, 0.25) is 5.91 Å². The average molecular weight is 492 g/mol. The van der Waals surface area contributed by atoms with Crippen molar-refractivity contribution in [3.05, 3.63) is 29.3 Å². The number of hydrogen-bond acceptors (Lipinski definition) is 4. The first-order valence-corrected chi connectivity index (χ1v) is 12.4. The third kappa shape index (κ3) is 5.65. The Bertz CT molecular complexity index is 978. The molecule has 0 bridgehead atoms. The number of likely N-dealkylation sites (tertiary alicyclic amines) is 1. The van der Waals surface area contributed by atoms with Crippen molar-refractivity contribution < 1.29 is 22.8 Å². The number of alkyl halides is 3. The van der Waals surface area contributed by atoms with Crippen molar-refractivity contribution in [3.8, 4) is 6.07 Å². The summed E-state index contributed by atoms with van der Waals surface area (Å²) < 4.78 is 40.3. The molecule has 0 radical (unpaired) electrons. The molecule has 3 fully saturated rings. The second-order valence-corrected chi connectivity index (χ2v) is 10.0. The molecule has 2 atom stereocenters. The second-order valence-electron chi connectivity index (χ2n) is 10.0. The minimum atomic E-state index is -4.64. The third-order valence-corrected chi connectivity index (χ3v) is 7.89. The van der Waals surface area contributed by atoms with Crippen molar-refractivity contribution in [3.63, 3.8) is 0 Å². The molecule has 2 heterocycles. The van der Waals surface area contributed by atoms with Crippen molar-refractivity contribution in [2.24, 2.45) is 23.5 Å². The number of primary amides is 1. The lowest BCUT2D eigenvalue weighted by atomic mass is 9.78. The van der Waals surface area contributed by atoms with E-state index < -0.39 is 29.1 Å². The van der Waals surface area contributed by atoms with Gasteiger partial charge >= 0.3 is 12.2 Å². The van der Waals surface area contributed by atoms with Gasteiger partial charge in [0.15, 0.2) is 0 Å². The molecule has 7 nitrogen and oxygen atoms in total. The van der Waals surface area contributed by atoms with E-state index >= 15 is 0 Å². The highest BCUT2D eigenvalue weighted by Crippen LogP contribution is 2.40. The maximum absolute atomic E-state index is 13.4. The average Bonchev–Trinajstić information content (AvgIpc) is 3.30. The predicted molar refractivity (Wildman–Crippen MR) is 124 cm³/mol. The van der Waals surface area contributed by atoms with E-state index in [1.807, 2.05) is 4.90 Å². The lowest BCUT2D eigenvalue weighted by molar-refractivity contribution is -0.137. The van der Waals surface area contributed by atoms with Crippen molar-refractivity contribution in [2.75, 3.05) is 31.1 Å². The molecule has 35 heavy (non-hydrogen) atoms. The lowest BCUT2D eigenvalue weighted by Gasteiger charge is -2.37. The molecule has 0 aromatic heterocycles. The van der Waals surface area contributed by atoms with Crippen LogP contribution >= 0.6 is 0 Å². The molecule has 1 saturated carbocycles. The number of anilines is 1. The van der Waals surface area contributed by atoms with E-state index in [-0.39, 0.29) is 30.5 Å². The zero-order chi connectivity index (χ0) is 25.2. The molecule has 4 rings (SSSR count). The molecule has 3 N–H and O–H groups in total. The Morgan fingerprint density at radius 1 is 1.06 bits per heavy atom. The van der Waals surface area contributed by atoms with Gasteiger partial charge in [-0.25, -0.2) is 4.79 Å². The van der Waals surface area contributed by atoms with Gasteiger partial charge in [-0.2, -0.15) is 18.4 Å². The number of hydrogen-bond donors (Lipinski definition) is 2. The first kappa shape index (κ1) is 25.1. The van der Waals surface area contributed by atoms with Gasteiger partial charge in [-0.1, -0.05) is 19.3 Å². The summed E-state index contributed by atoms with van der Waals surface area (Å²) in [5.41, 5.74) is 4.62. The van der Waals surface area contributed by atoms with Crippen molar-refractivity contribution in [1.82, 2.24) is 10.2 Å². The first-order chi connectivity index (χ1) is 16.7. The summed E-state index contributed by atoms with van der Waals surface area (Å²) in [6, 6.07) is 5.45. The Morgan fingerprint density at radius 2 is 1.74 bits per heavy atom. The Kier molecular flexibility index (Phi) is 7.43. The summed E-state index contributed by atoms with van der Waals surface area (Å²) in [4.78, 5) is 28.5. The van der Waals surface area contributed by atoms with Crippen LogP contribution < -0.4 is 16.0 Å². The molecule has 1 aliphatic carbocycles. The smallest absolute Gasteiger partial charge is 0.370 e. The number of amides is 3. The number of nitriles is 1.